The van der Waals surface area contributed by atoms with E-state index in [1.807, 2.05) is 6.20 Å². The number of aromatic nitrogens is 2. The number of hydrogen-bond donors (Lipinski definition) is 1. The van der Waals surface area contributed by atoms with Crippen LogP contribution in [0.2, 0.25) is 0 Å². The average Bonchev–Trinajstić information content (AvgIpc) is 2.80. The molecule has 1 aromatic heterocycles. The highest BCUT2D eigenvalue weighted by Crippen LogP contribution is 2.10. The maximum atomic E-state index is 5.03. The zero-order valence-electron chi connectivity index (χ0n) is 13.5. The molecule has 1 rings (SSSR count). The average molecular weight is 281 g/mol. The Labute approximate surface area is 123 Å². The van der Waals surface area contributed by atoms with Gasteiger partial charge in [0.1, 0.15) is 0 Å². The van der Waals surface area contributed by atoms with Crippen molar-refractivity contribution in [3.63, 3.8) is 0 Å². The van der Waals surface area contributed by atoms with Crippen LogP contribution >= 0.6 is 0 Å². The lowest BCUT2D eigenvalue weighted by atomic mass is 10.1. The van der Waals surface area contributed by atoms with Crippen LogP contribution in [0.5, 0.6) is 0 Å². The van der Waals surface area contributed by atoms with Crippen molar-refractivity contribution in [2.45, 2.75) is 65.5 Å². The highest BCUT2D eigenvalue weighted by atomic mass is 16.5. The van der Waals surface area contributed by atoms with Gasteiger partial charge in [0, 0.05) is 38.0 Å². The molecule has 0 bridgehead atoms. The predicted molar refractivity (Wildman–Crippen MR) is 83.9 cm³/mol. The number of ether oxygens (including phenoxy) is 1. The van der Waals surface area contributed by atoms with Crippen molar-refractivity contribution in [1.82, 2.24) is 15.1 Å². The quantitative estimate of drug-likeness (QED) is 0.598. The molecule has 0 fully saturated rings. The van der Waals surface area contributed by atoms with Gasteiger partial charge in [0.15, 0.2) is 0 Å². The Bertz CT molecular complexity index is 349. The van der Waals surface area contributed by atoms with Gasteiger partial charge >= 0.3 is 0 Å². The lowest BCUT2D eigenvalue weighted by Gasteiger charge is -2.06. The molecule has 0 amide bonds. The first-order chi connectivity index (χ1) is 9.79. The molecule has 0 atom stereocenters. The van der Waals surface area contributed by atoms with Gasteiger partial charge in [-0.3, -0.25) is 4.68 Å². The summed E-state index contributed by atoms with van der Waals surface area (Å²) in [4.78, 5) is 0. The van der Waals surface area contributed by atoms with Crippen LogP contribution in [0, 0.1) is 6.92 Å². The molecule has 0 aromatic carbocycles. The predicted octanol–water partition coefficient (Wildman–Crippen LogP) is 3.29. The van der Waals surface area contributed by atoms with Gasteiger partial charge in [-0.15, -0.1) is 0 Å². The Morgan fingerprint density at radius 3 is 2.70 bits per heavy atom. The summed E-state index contributed by atoms with van der Waals surface area (Å²) in [6.07, 6.45) is 9.98. The highest BCUT2D eigenvalue weighted by molar-refractivity contribution is 5.15. The third-order valence-corrected chi connectivity index (χ3v) is 3.73. The molecule has 116 valence electrons. The first kappa shape index (κ1) is 17.2. The van der Waals surface area contributed by atoms with Crippen molar-refractivity contribution in [3.8, 4) is 0 Å². The summed E-state index contributed by atoms with van der Waals surface area (Å²) < 4.78 is 7.17. The van der Waals surface area contributed by atoms with E-state index >= 15 is 0 Å². The van der Waals surface area contributed by atoms with Crippen LogP contribution < -0.4 is 5.32 Å². The fourth-order valence-corrected chi connectivity index (χ4v) is 2.32. The molecule has 0 aliphatic heterocycles. The lowest BCUT2D eigenvalue weighted by molar-refractivity contribution is 0.199. The maximum Gasteiger partial charge on any atom is 0.0587 e. The SMILES string of the molecule is CCCCCCCCn1ncc(CNCCOC)c1C. The first-order valence-corrected chi connectivity index (χ1v) is 8.00. The number of nitrogens with one attached hydrogen (secondary N) is 1. The molecule has 0 spiro atoms. The van der Waals surface area contributed by atoms with E-state index < -0.39 is 0 Å². The molecule has 1 N–H and O–H groups in total. The van der Waals surface area contributed by atoms with Crippen LogP contribution in [0.4, 0.5) is 0 Å². The van der Waals surface area contributed by atoms with E-state index in [0.29, 0.717) is 0 Å². The van der Waals surface area contributed by atoms with Crippen molar-refractivity contribution >= 4 is 0 Å². The molecule has 0 unspecified atom stereocenters. The molecule has 0 radical (unpaired) electrons. The van der Waals surface area contributed by atoms with Crippen LogP contribution in [0.15, 0.2) is 6.20 Å². The Morgan fingerprint density at radius 1 is 1.20 bits per heavy atom. The number of methoxy groups -OCH3 is 1. The van der Waals surface area contributed by atoms with Gasteiger partial charge in [-0.2, -0.15) is 5.10 Å². The van der Waals surface area contributed by atoms with Crippen molar-refractivity contribution in [1.29, 1.82) is 0 Å². The Hall–Kier alpha value is -0.870. The first-order valence-electron chi connectivity index (χ1n) is 8.00. The molecule has 0 aliphatic rings. The van der Waals surface area contributed by atoms with E-state index in [0.717, 1.165) is 26.2 Å². The molecular formula is C16H31N3O. The molecule has 0 saturated heterocycles. The Kier molecular flexibility index (Phi) is 9.33. The second-order valence-electron chi connectivity index (χ2n) is 5.42. The normalized spacial score (nSPS) is 11.2. The van der Waals surface area contributed by atoms with Gasteiger partial charge in [0.05, 0.1) is 12.8 Å². The van der Waals surface area contributed by atoms with Gasteiger partial charge in [-0.05, 0) is 13.3 Å². The maximum absolute atomic E-state index is 5.03. The fraction of sp³-hybridized carbons (Fsp3) is 0.812. The zero-order valence-corrected chi connectivity index (χ0v) is 13.5. The second kappa shape index (κ2) is 10.9. The van der Waals surface area contributed by atoms with Crippen LogP contribution in [0.25, 0.3) is 0 Å². The topological polar surface area (TPSA) is 39.1 Å². The third kappa shape index (κ3) is 6.53. The summed E-state index contributed by atoms with van der Waals surface area (Å²) in [7, 11) is 1.73. The summed E-state index contributed by atoms with van der Waals surface area (Å²) in [5.41, 5.74) is 2.59. The molecule has 1 heterocycles. The monoisotopic (exact) mass is 281 g/mol. The molecule has 0 aliphatic carbocycles. The Morgan fingerprint density at radius 2 is 1.95 bits per heavy atom. The van der Waals surface area contributed by atoms with E-state index in [9.17, 15) is 0 Å². The summed E-state index contributed by atoms with van der Waals surface area (Å²) in [6, 6.07) is 0. The summed E-state index contributed by atoms with van der Waals surface area (Å²) in [6.45, 7) is 8.00. The molecular weight excluding hydrogens is 250 g/mol. The number of unbranched alkanes of at least 4 members (excludes halogenated alkanes) is 5. The van der Waals surface area contributed by atoms with Crippen LogP contribution in [0.1, 0.15) is 56.7 Å². The number of hydrogen-bond acceptors (Lipinski definition) is 3. The van der Waals surface area contributed by atoms with Crippen LogP contribution in [-0.4, -0.2) is 30.0 Å². The fourth-order valence-electron chi connectivity index (χ4n) is 2.32. The second-order valence-corrected chi connectivity index (χ2v) is 5.42. The third-order valence-electron chi connectivity index (χ3n) is 3.73. The van der Waals surface area contributed by atoms with Gasteiger partial charge < -0.3 is 10.1 Å². The lowest BCUT2D eigenvalue weighted by Crippen LogP contribution is -2.18. The van der Waals surface area contributed by atoms with E-state index in [4.69, 9.17) is 4.74 Å². The zero-order chi connectivity index (χ0) is 14.6. The Balaban J connectivity index is 2.21. The number of rotatable bonds is 12. The molecule has 20 heavy (non-hydrogen) atoms. The molecule has 1 aromatic rings. The van der Waals surface area contributed by atoms with Crippen LogP contribution in [-0.2, 0) is 17.8 Å². The smallest absolute Gasteiger partial charge is 0.0587 e. The summed E-state index contributed by atoms with van der Waals surface area (Å²) in [5.74, 6) is 0. The van der Waals surface area contributed by atoms with Crippen molar-refractivity contribution < 1.29 is 4.74 Å². The summed E-state index contributed by atoms with van der Waals surface area (Å²) in [5, 5.41) is 7.86. The number of nitrogens with zero attached hydrogens (tertiary/aromatic N) is 2. The van der Waals surface area contributed by atoms with Gasteiger partial charge in [-0.25, -0.2) is 0 Å². The van der Waals surface area contributed by atoms with E-state index in [-0.39, 0.29) is 0 Å². The van der Waals surface area contributed by atoms with Crippen molar-refractivity contribution in [2.24, 2.45) is 0 Å². The van der Waals surface area contributed by atoms with Gasteiger partial charge in [0.25, 0.3) is 0 Å². The molecule has 0 saturated carbocycles. The van der Waals surface area contributed by atoms with Crippen molar-refractivity contribution in [3.05, 3.63) is 17.5 Å². The van der Waals surface area contributed by atoms with Crippen LogP contribution in [0.3, 0.4) is 0 Å². The van der Waals surface area contributed by atoms with Gasteiger partial charge in [-0.1, -0.05) is 39.0 Å². The minimum atomic E-state index is 0.755. The molecule has 4 nitrogen and oxygen atoms in total. The van der Waals surface area contributed by atoms with Gasteiger partial charge in [0.2, 0.25) is 0 Å². The standard InChI is InChI=1S/C16H31N3O/c1-4-5-6-7-8-9-11-19-15(2)16(14-18-19)13-17-10-12-20-3/h14,17H,4-13H2,1-3H3. The van der Waals surface area contributed by atoms with Crippen molar-refractivity contribution in [2.75, 3.05) is 20.3 Å². The van der Waals surface area contributed by atoms with E-state index in [1.54, 1.807) is 7.11 Å². The number of aryl methyl sites for hydroxylation is 1. The van der Waals surface area contributed by atoms with E-state index in [2.05, 4.69) is 28.9 Å². The molecule has 4 heteroatoms. The highest BCUT2D eigenvalue weighted by Gasteiger charge is 2.05. The minimum absolute atomic E-state index is 0.755. The summed E-state index contributed by atoms with van der Waals surface area (Å²) >= 11 is 0. The largest absolute Gasteiger partial charge is 0.383 e. The van der Waals surface area contributed by atoms with E-state index in [1.165, 1.54) is 49.8 Å². The minimum Gasteiger partial charge on any atom is -0.383 e.